The second-order valence-corrected chi connectivity index (χ2v) is 9.07. The summed E-state index contributed by atoms with van der Waals surface area (Å²) in [7, 11) is 0. The molecule has 0 bridgehead atoms. The summed E-state index contributed by atoms with van der Waals surface area (Å²) in [4.78, 5) is 38.3. The molecular weight excluding hydrogens is 564 g/mol. The first kappa shape index (κ1) is 24.4. The molecule has 178 valence electrons. The maximum atomic E-state index is 13.3. The first-order valence-corrected chi connectivity index (χ1v) is 11.7. The molecule has 1 aliphatic rings. The molecule has 2 N–H and O–H groups in total. The molecule has 0 unspecified atom stereocenters. The van der Waals surface area contributed by atoms with E-state index in [-0.39, 0.29) is 18.1 Å². The van der Waals surface area contributed by atoms with Crippen molar-refractivity contribution >= 4 is 52.2 Å². The number of anilines is 1. The summed E-state index contributed by atoms with van der Waals surface area (Å²) in [5.41, 5.74) is 3.01. The van der Waals surface area contributed by atoms with Gasteiger partial charge in [-0.15, -0.1) is 0 Å². The second-order valence-electron chi connectivity index (χ2n) is 7.91. The number of urea groups is 1. The number of nitrogens with zero attached hydrogens (tertiary/aromatic N) is 1. The number of ether oxygens (including phenoxy) is 1. The number of amides is 4. The Bertz CT molecular complexity index is 1340. The number of nitrogens with one attached hydrogen (secondary N) is 2. The van der Waals surface area contributed by atoms with Gasteiger partial charge in [0.05, 0.1) is 3.57 Å². The highest BCUT2D eigenvalue weighted by atomic mass is 127. The van der Waals surface area contributed by atoms with Crippen LogP contribution in [0.1, 0.15) is 16.7 Å². The minimum Gasteiger partial charge on any atom is -0.488 e. The number of rotatable bonds is 7. The van der Waals surface area contributed by atoms with E-state index in [1.807, 2.05) is 13.0 Å². The third-order valence-corrected chi connectivity index (χ3v) is 5.96. The fourth-order valence-corrected chi connectivity index (χ4v) is 4.16. The first-order chi connectivity index (χ1) is 16.8. The smallest absolute Gasteiger partial charge is 0.329 e. The minimum absolute atomic E-state index is 0.0718. The highest BCUT2D eigenvalue weighted by molar-refractivity contribution is 14.1. The molecule has 7 nitrogen and oxygen atoms in total. The van der Waals surface area contributed by atoms with Gasteiger partial charge in [-0.25, -0.2) is 14.1 Å². The van der Waals surface area contributed by atoms with Gasteiger partial charge in [0.25, 0.3) is 5.91 Å². The predicted octanol–water partition coefficient (Wildman–Crippen LogP) is 4.85. The van der Waals surface area contributed by atoms with E-state index in [1.165, 1.54) is 18.2 Å². The van der Waals surface area contributed by atoms with Gasteiger partial charge in [-0.3, -0.25) is 9.59 Å². The molecule has 0 spiro atoms. The molecule has 3 aromatic rings. The fraction of sp³-hybridized carbons (Fsp3) is 0.115. The molecule has 1 aliphatic heterocycles. The van der Waals surface area contributed by atoms with Gasteiger partial charge in [-0.05, 0) is 88.7 Å². The minimum atomic E-state index is -0.662. The Hall–Kier alpha value is -3.73. The summed E-state index contributed by atoms with van der Waals surface area (Å²) in [5.74, 6) is -0.786. The summed E-state index contributed by atoms with van der Waals surface area (Å²) in [6.45, 7) is 1.71. The Morgan fingerprint density at radius 1 is 1.11 bits per heavy atom. The maximum Gasteiger partial charge on any atom is 0.329 e. The van der Waals surface area contributed by atoms with Crippen molar-refractivity contribution in [1.29, 1.82) is 0 Å². The van der Waals surface area contributed by atoms with Crippen LogP contribution in [0.5, 0.6) is 5.75 Å². The van der Waals surface area contributed by atoms with Crippen LogP contribution in [0.2, 0.25) is 0 Å². The number of carbonyl (C=O) groups excluding carboxylic acids is 3. The lowest BCUT2D eigenvalue weighted by molar-refractivity contribution is -0.127. The standard InChI is InChI=1S/C26H21FIN3O4/c1-16-4-2-7-20(10-16)29-24(32)14-31-25(33)22(30-26(31)34)13-17-8-9-23(21(28)12-17)35-15-18-5-3-6-19(27)11-18/h2-13H,14-15H2,1H3,(H,29,32)(H,30,34)/b22-13+. The summed E-state index contributed by atoms with van der Waals surface area (Å²) >= 11 is 2.10. The van der Waals surface area contributed by atoms with Crippen LogP contribution >= 0.6 is 22.6 Å². The highest BCUT2D eigenvalue weighted by Crippen LogP contribution is 2.25. The topological polar surface area (TPSA) is 87.7 Å². The number of benzene rings is 3. The highest BCUT2D eigenvalue weighted by Gasteiger charge is 2.34. The Balaban J connectivity index is 1.40. The Labute approximate surface area is 215 Å². The van der Waals surface area contributed by atoms with Crippen molar-refractivity contribution in [2.24, 2.45) is 0 Å². The summed E-state index contributed by atoms with van der Waals surface area (Å²) in [6, 6.07) is 18.0. The lowest BCUT2D eigenvalue weighted by Gasteiger charge is -2.12. The number of aryl methyl sites for hydroxylation is 1. The van der Waals surface area contributed by atoms with E-state index < -0.39 is 24.4 Å². The largest absolute Gasteiger partial charge is 0.488 e. The maximum absolute atomic E-state index is 13.3. The number of carbonyl (C=O) groups is 3. The van der Waals surface area contributed by atoms with E-state index in [0.29, 0.717) is 22.6 Å². The fourth-order valence-electron chi connectivity index (χ4n) is 3.46. The molecule has 0 aromatic heterocycles. The summed E-state index contributed by atoms with van der Waals surface area (Å²) < 4.78 is 19.9. The van der Waals surface area contributed by atoms with Gasteiger partial charge in [-0.1, -0.05) is 30.3 Å². The van der Waals surface area contributed by atoms with Crippen LogP contribution in [0.15, 0.2) is 72.4 Å². The van der Waals surface area contributed by atoms with Crippen LogP contribution in [0, 0.1) is 16.3 Å². The summed E-state index contributed by atoms with van der Waals surface area (Å²) in [5, 5.41) is 5.20. The van der Waals surface area contributed by atoms with E-state index in [0.717, 1.165) is 14.0 Å². The van der Waals surface area contributed by atoms with E-state index in [2.05, 4.69) is 33.2 Å². The van der Waals surface area contributed by atoms with Crippen molar-refractivity contribution in [3.8, 4) is 5.75 Å². The van der Waals surface area contributed by atoms with Gasteiger partial charge in [0, 0.05) is 5.69 Å². The van der Waals surface area contributed by atoms with Crippen LogP contribution in [0.3, 0.4) is 0 Å². The average Bonchev–Trinajstić information content (AvgIpc) is 3.06. The van der Waals surface area contributed by atoms with Crippen molar-refractivity contribution in [2.75, 3.05) is 11.9 Å². The van der Waals surface area contributed by atoms with Crippen molar-refractivity contribution in [3.63, 3.8) is 0 Å². The van der Waals surface area contributed by atoms with Gasteiger partial charge in [-0.2, -0.15) is 0 Å². The van der Waals surface area contributed by atoms with Gasteiger partial charge in [0.2, 0.25) is 5.91 Å². The molecule has 0 radical (unpaired) electrons. The zero-order valence-electron chi connectivity index (χ0n) is 18.7. The summed E-state index contributed by atoms with van der Waals surface area (Å²) in [6.07, 6.45) is 1.54. The molecule has 4 rings (SSSR count). The lowest BCUT2D eigenvalue weighted by atomic mass is 10.2. The third-order valence-electron chi connectivity index (χ3n) is 5.12. The van der Waals surface area contributed by atoms with E-state index in [9.17, 15) is 18.8 Å². The van der Waals surface area contributed by atoms with Gasteiger partial charge < -0.3 is 15.4 Å². The quantitative estimate of drug-likeness (QED) is 0.236. The zero-order chi connectivity index (χ0) is 24.9. The molecule has 3 aromatic carbocycles. The Morgan fingerprint density at radius 2 is 1.91 bits per heavy atom. The van der Waals surface area contributed by atoms with Gasteiger partial charge in [0.15, 0.2) is 0 Å². The van der Waals surface area contributed by atoms with E-state index >= 15 is 0 Å². The SMILES string of the molecule is Cc1cccc(NC(=O)CN2C(=O)N/C(=C/c3ccc(OCc4cccc(F)c4)c(I)c3)C2=O)c1. The lowest BCUT2D eigenvalue weighted by Crippen LogP contribution is -2.38. The number of hydrogen-bond acceptors (Lipinski definition) is 4. The van der Waals surface area contributed by atoms with Gasteiger partial charge in [0.1, 0.15) is 30.4 Å². The predicted molar refractivity (Wildman–Crippen MR) is 138 cm³/mol. The third kappa shape index (κ3) is 6.24. The second kappa shape index (κ2) is 10.7. The molecule has 9 heteroatoms. The van der Waals surface area contributed by atoms with Crippen molar-refractivity contribution in [3.05, 3.63) is 98.5 Å². The van der Waals surface area contributed by atoms with Crippen LogP contribution in [-0.2, 0) is 16.2 Å². The van der Waals surface area contributed by atoms with Crippen molar-refractivity contribution in [1.82, 2.24) is 10.2 Å². The molecule has 0 saturated carbocycles. The number of halogens is 2. The van der Waals surface area contributed by atoms with Crippen LogP contribution in [0.25, 0.3) is 6.08 Å². The van der Waals surface area contributed by atoms with Crippen LogP contribution < -0.4 is 15.4 Å². The Morgan fingerprint density at radius 3 is 2.66 bits per heavy atom. The molecule has 1 saturated heterocycles. The zero-order valence-corrected chi connectivity index (χ0v) is 20.8. The molecule has 0 atom stereocenters. The van der Waals surface area contributed by atoms with Crippen LogP contribution in [-0.4, -0.2) is 29.3 Å². The molecule has 35 heavy (non-hydrogen) atoms. The molecule has 0 aliphatic carbocycles. The number of imide groups is 1. The van der Waals surface area contributed by atoms with Gasteiger partial charge >= 0.3 is 6.03 Å². The monoisotopic (exact) mass is 585 g/mol. The average molecular weight is 585 g/mol. The van der Waals surface area contributed by atoms with Crippen LogP contribution in [0.4, 0.5) is 14.9 Å². The normalized spacial score (nSPS) is 14.3. The van der Waals surface area contributed by atoms with Crippen molar-refractivity contribution < 1.29 is 23.5 Å². The molecule has 1 fully saturated rings. The first-order valence-electron chi connectivity index (χ1n) is 10.7. The molecular formula is C26H21FIN3O4. The van der Waals surface area contributed by atoms with E-state index in [4.69, 9.17) is 4.74 Å². The number of hydrogen-bond donors (Lipinski definition) is 2. The van der Waals surface area contributed by atoms with Crippen molar-refractivity contribution in [2.45, 2.75) is 13.5 Å². The Kier molecular flexibility index (Phi) is 7.45. The van der Waals surface area contributed by atoms with E-state index in [1.54, 1.807) is 48.5 Å². The molecule has 1 heterocycles. The molecule has 4 amide bonds.